The van der Waals surface area contributed by atoms with Crippen molar-refractivity contribution in [3.8, 4) is 6.07 Å². The van der Waals surface area contributed by atoms with Crippen LogP contribution in [0, 0.1) is 11.3 Å². The van der Waals surface area contributed by atoms with Crippen molar-refractivity contribution in [2.24, 2.45) is 0 Å². The van der Waals surface area contributed by atoms with E-state index in [9.17, 15) is 0 Å². The average Bonchev–Trinajstić information content (AvgIpc) is 2.52. The van der Waals surface area contributed by atoms with Gasteiger partial charge in [-0.2, -0.15) is 5.26 Å². The van der Waals surface area contributed by atoms with Crippen molar-refractivity contribution < 1.29 is 4.74 Å². The number of nitriles is 1. The molecular formula is C11H17BrN2OSi. The molecule has 0 aliphatic carbocycles. The van der Waals surface area contributed by atoms with Gasteiger partial charge in [0, 0.05) is 25.4 Å². The molecule has 3 nitrogen and oxygen atoms in total. The Morgan fingerprint density at radius 3 is 2.75 bits per heavy atom. The summed E-state index contributed by atoms with van der Waals surface area (Å²) in [5.74, 6) is 0. The van der Waals surface area contributed by atoms with Crippen molar-refractivity contribution in [2.45, 2.75) is 32.4 Å². The molecule has 0 amide bonds. The maximum absolute atomic E-state index is 8.88. The number of rotatable bonds is 5. The van der Waals surface area contributed by atoms with Crippen molar-refractivity contribution in [2.75, 3.05) is 6.61 Å². The van der Waals surface area contributed by atoms with Gasteiger partial charge in [-0.25, -0.2) is 0 Å². The Morgan fingerprint density at radius 2 is 2.19 bits per heavy atom. The molecule has 1 aromatic rings. The Bertz CT molecular complexity index is 390. The molecule has 1 heterocycles. The molecule has 5 heteroatoms. The second kappa shape index (κ2) is 5.67. The number of hydrogen-bond donors (Lipinski definition) is 0. The fraction of sp³-hybridized carbons (Fsp3) is 0.545. The molecule has 0 saturated carbocycles. The maximum atomic E-state index is 8.88. The molecule has 0 spiro atoms. The van der Waals surface area contributed by atoms with Crippen LogP contribution in [0.5, 0.6) is 0 Å². The highest BCUT2D eigenvalue weighted by Gasteiger charge is 2.12. The van der Waals surface area contributed by atoms with E-state index in [2.05, 4.69) is 41.6 Å². The molecule has 0 bridgehead atoms. The van der Waals surface area contributed by atoms with Gasteiger partial charge in [0.2, 0.25) is 0 Å². The summed E-state index contributed by atoms with van der Waals surface area (Å²) in [5, 5.41) is 8.88. The highest BCUT2D eigenvalue weighted by atomic mass is 79.9. The number of aromatic nitrogens is 1. The van der Waals surface area contributed by atoms with Crippen molar-refractivity contribution in [3.63, 3.8) is 0 Å². The lowest BCUT2D eigenvalue weighted by Gasteiger charge is -2.15. The maximum Gasteiger partial charge on any atom is 0.123 e. The van der Waals surface area contributed by atoms with Crippen LogP contribution in [0.15, 0.2) is 16.7 Å². The number of ether oxygens (including phenoxy) is 1. The minimum atomic E-state index is -1.02. The number of halogens is 1. The summed E-state index contributed by atoms with van der Waals surface area (Å²) >= 11 is 3.34. The summed E-state index contributed by atoms with van der Waals surface area (Å²) in [6.45, 7) is 8.20. The van der Waals surface area contributed by atoms with Gasteiger partial charge in [-0.1, -0.05) is 19.6 Å². The molecule has 1 aromatic heterocycles. The quantitative estimate of drug-likeness (QED) is 0.617. The fourth-order valence-electron chi connectivity index (χ4n) is 1.21. The van der Waals surface area contributed by atoms with E-state index in [0.29, 0.717) is 12.4 Å². The second-order valence-corrected chi connectivity index (χ2v) is 11.5. The fourth-order valence-corrected chi connectivity index (χ4v) is 2.43. The van der Waals surface area contributed by atoms with Crippen molar-refractivity contribution in [3.05, 3.63) is 22.4 Å². The zero-order chi connectivity index (χ0) is 12.2. The van der Waals surface area contributed by atoms with E-state index in [1.165, 1.54) is 0 Å². The van der Waals surface area contributed by atoms with Crippen LogP contribution in [0.1, 0.15) is 5.69 Å². The highest BCUT2D eigenvalue weighted by molar-refractivity contribution is 9.10. The van der Waals surface area contributed by atoms with E-state index in [1.54, 1.807) is 6.07 Å². The molecule has 88 valence electrons. The highest BCUT2D eigenvalue weighted by Crippen LogP contribution is 2.14. The number of nitrogens with zero attached hydrogens (tertiary/aromatic N) is 2. The molecule has 0 aliphatic rings. The van der Waals surface area contributed by atoms with Gasteiger partial charge in [0.15, 0.2) is 0 Å². The normalized spacial score (nSPS) is 11.4. The lowest BCUT2D eigenvalue weighted by Crippen LogP contribution is -2.22. The SMILES string of the molecule is C[Si](C)(C)CCOCn1cc(Br)cc1C#N. The van der Waals surface area contributed by atoms with E-state index in [1.807, 2.05) is 10.8 Å². The van der Waals surface area contributed by atoms with Crippen molar-refractivity contribution >= 4 is 24.0 Å². The van der Waals surface area contributed by atoms with E-state index in [0.717, 1.165) is 17.1 Å². The standard InChI is InChI=1S/C11H17BrN2OSi/c1-16(2,3)5-4-15-9-14-8-10(12)6-11(14)7-13/h6,8H,4-5,9H2,1-3H3. The van der Waals surface area contributed by atoms with E-state index in [-0.39, 0.29) is 0 Å². The first kappa shape index (κ1) is 13.5. The summed E-state index contributed by atoms with van der Waals surface area (Å²) in [4.78, 5) is 0. The first-order chi connectivity index (χ1) is 7.42. The van der Waals surface area contributed by atoms with Crippen LogP contribution < -0.4 is 0 Å². The zero-order valence-electron chi connectivity index (χ0n) is 9.96. The van der Waals surface area contributed by atoms with Gasteiger partial charge in [0.05, 0.1) is 0 Å². The lowest BCUT2D eigenvalue weighted by molar-refractivity contribution is 0.0869. The minimum absolute atomic E-state index is 0.457. The topological polar surface area (TPSA) is 38.0 Å². The summed E-state index contributed by atoms with van der Waals surface area (Å²) in [7, 11) is -1.02. The Kier molecular flexibility index (Phi) is 4.78. The first-order valence-corrected chi connectivity index (χ1v) is 9.76. The molecule has 1 rings (SSSR count). The van der Waals surface area contributed by atoms with Crippen LogP contribution in [-0.4, -0.2) is 19.2 Å². The predicted molar refractivity (Wildman–Crippen MR) is 71.0 cm³/mol. The van der Waals surface area contributed by atoms with Gasteiger partial charge < -0.3 is 9.30 Å². The Morgan fingerprint density at radius 1 is 1.50 bits per heavy atom. The summed E-state index contributed by atoms with van der Waals surface area (Å²) in [6, 6.07) is 5.08. The molecule has 0 saturated heterocycles. The lowest BCUT2D eigenvalue weighted by atomic mass is 10.5. The smallest absolute Gasteiger partial charge is 0.123 e. The van der Waals surface area contributed by atoms with Crippen LogP contribution in [-0.2, 0) is 11.5 Å². The van der Waals surface area contributed by atoms with Crippen LogP contribution in [0.25, 0.3) is 0 Å². The van der Waals surface area contributed by atoms with Gasteiger partial charge in [-0.05, 0) is 28.0 Å². The van der Waals surface area contributed by atoms with Gasteiger partial charge in [0.25, 0.3) is 0 Å². The van der Waals surface area contributed by atoms with Crippen molar-refractivity contribution in [1.29, 1.82) is 5.26 Å². The van der Waals surface area contributed by atoms with Gasteiger partial charge in [0.1, 0.15) is 18.5 Å². The molecule has 0 aliphatic heterocycles. The third-order valence-electron chi connectivity index (χ3n) is 2.20. The summed E-state index contributed by atoms with van der Waals surface area (Å²) in [6.07, 6.45) is 1.87. The molecule has 0 atom stereocenters. The van der Waals surface area contributed by atoms with Crippen LogP contribution in [0.2, 0.25) is 25.7 Å². The van der Waals surface area contributed by atoms with E-state index >= 15 is 0 Å². The van der Waals surface area contributed by atoms with E-state index in [4.69, 9.17) is 10.00 Å². The molecule has 0 aromatic carbocycles. The summed E-state index contributed by atoms with van der Waals surface area (Å²) in [5.41, 5.74) is 0.625. The molecular weight excluding hydrogens is 284 g/mol. The van der Waals surface area contributed by atoms with Gasteiger partial charge in [-0.15, -0.1) is 0 Å². The third-order valence-corrected chi connectivity index (χ3v) is 4.34. The van der Waals surface area contributed by atoms with Crippen molar-refractivity contribution in [1.82, 2.24) is 4.57 Å². The largest absolute Gasteiger partial charge is 0.361 e. The Hall–Kier alpha value is -0.573. The van der Waals surface area contributed by atoms with Gasteiger partial charge >= 0.3 is 0 Å². The van der Waals surface area contributed by atoms with E-state index < -0.39 is 8.07 Å². The average molecular weight is 301 g/mol. The predicted octanol–water partition coefficient (Wildman–Crippen LogP) is 3.43. The van der Waals surface area contributed by atoms with Crippen LogP contribution in [0.4, 0.5) is 0 Å². The Labute approximate surface area is 106 Å². The second-order valence-electron chi connectivity index (χ2n) is 4.97. The minimum Gasteiger partial charge on any atom is -0.361 e. The monoisotopic (exact) mass is 300 g/mol. The van der Waals surface area contributed by atoms with Crippen LogP contribution >= 0.6 is 15.9 Å². The molecule has 0 fully saturated rings. The molecule has 0 N–H and O–H groups in total. The first-order valence-electron chi connectivity index (χ1n) is 5.26. The molecule has 16 heavy (non-hydrogen) atoms. The van der Waals surface area contributed by atoms with Crippen LogP contribution in [0.3, 0.4) is 0 Å². The Balaban J connectivity index is 2.41. The third kappa shape index (κ3) is 4.52. The molecule has 0 radical (unpaired) electrons. The van der Waals surface area contributed by atoms with Gasteiger partial charge in [-0.3, -0.25) is 0 Å². The number of hydrogen-bond acceptors (Lipinski definition) is 2. The zero-order valence-corrected chi connectivity index (χ0v) is 12.5. The summed E-state index contributed by atoms with van der Waals surface area (Å²) < 4.78 is 8.31. The molecule has 0 unspecified atom stereocenters.